The number of hydrogen-bond acceptors (Lipinski definition) is 6. The predicted molar refractivity (Wildman–Crippen MR) is 69.8 cm³/mol. The summed E-state index contributed by atoms with van der Waals surface area (Å²) in [6.07, 6.45) is 0. The Morgan fingerprint density at radius 1 is 1.30 bits per heavy atom. The van der Waals surface area contributed by atoms with Gasteiger partial charge in [0.2, 0.25) is 5.91 Å². The highest BCUT2D eigenvalue weighted by Crippen LogP contribution is 2.31. The summed E-state index contributed by atoms with van der Waals surface area (Å²) in [6, 6.07) is 4.15. The summed E-state index contributed by atoms with van der Waals surface area (Å²) in [7, 11) is 0. The van der Waals surface area contributed by atoms with Gasteiger partial charge in [0.25, 0.3) is 0 Å². The maximum atomic E-state index is 11.7. The smallest absolute Gasteiger partial charge is 0.364 e. The van der Waals surface area contributed by atoms with E-state index in [2.05, 4.69) is 5.32 Å². The molecule has 1 heterocycles. The quantitative estimate of drug-likeness (QED) is 0.488. The van der Waals surface area contributed by atoms with E-state index < -0.39 is 23.3 Å². The van der Waals surface area contributed by atoms with Crippen LogP contribution < -0.4 is 15.7 Å². The van der Waals surface area contributed by atoms with Crippen LogP contribution in [0.4, 0.5) is 5.69 Å². The summed E-state index contributed by atoms with van der Waals surface area (Å²) >= 11 is 0. The van der Waals surface area contributed by atoms with Gasteiger partial charge >= 0.3 is 11.6 Å². The van der Waals surface area contributed by atoms with Gasteiger partial charge in [-0.25, -0.2) is 4.79 Å². The van der Waals surface area contributed by atoms with Crippen molar-refractivity contribution in [3.05, 3.63) is 28.6 Å². The molecule has 0 fully saturated rings. The third-order valence-corrected chi connectivity index (χ3v) is 2.41. The van der Waals surface area contributed by atoms with E-state index in [4.69, 9.17) is 9.15 Å². The van der Waals surface area contributed by atoms with Crippen molar-refractivity contribution in [1.82, 2.24) is 0 Å². The molecule has 1 aromatic carbocycles. The van der Waals surface area contributed by atoms with Gasteiger partial charge in [-0.05, 0) is 12.1 Å². The van der Waals surface area contributed by atoms with E-state index in [1.165, 1.54) is 32.0 Å². The van der Waals surface area contributed by atoms with Crippen LogP contribution >= 0.6 is 0 Å². The predicted octanol–water partition coefficient (Wildman–Crippen LogP) is 1.38. The molecule has 0 aliphatic rings. The molecule has 7 nitrogen and oxygen atoms in total. The van der Waals surface area contributed by atoms with Gasteiger partial charge in [0, 0.05) is 19.9 Å². The van der Waals surface area contributed by atoms with Crippen molar-refractivity contribution in [3.8, 4) is 11.5 Å². The number of carbonyl (C=O) groups excluding carboxylic acids is 2. The van der Waals surface area contributed by atoms with Gasteiger partial charge in [0.05, 0.1) is 5.39 Å². The second-order valence-electron chi connectivity index (χ2n) is 4.05. The molecule has 0 bridgehead atoms. The zero-order valence-corrected chi connectivity index (χ0v) is 10.7. The molecule has 0 atom stereocenters. The highest BCUT2D eigenvalue weighted by molar-refractivity contribution is 5.96. The van der Waals surface area contributed by atoms with Crippen LogP contribution in [0, 0.1) is 0 Å². The number of hydrogen-bond donors (Lipinski definition) is 2. The van der Waals surface area contributed by atoms with Gasteiger partial charge < -0.3 is 19.6 Å². The van der Waals surface area contributed by atoms with Gasteiger partial charge in [0.15, 0.2) is 11.4 Å². The van der Waals surface area contributed by atoms with Gasteiger partial charge in [0.1, 0.15) is 11.3 Å². The number of rotatable bonds is 2. The molecule has 0 aliphatic carbocycles. The normalized spacial score (nSPS) is 10.3. The average molecular weight is 277 g/mol. The summed E-state index contributed by atoms with van der Waals surface area (Å²) < 4.78 is 9.82. The van der Waals surface area contributed by atoms with Gasteiger partial charge in [-0.3, -0.25) is 9.59 Å². The molecule has 0 spiro atoms. The van der Waals surface area contributed by atoms with Gasteiger partial charge in [-0.2, -0.15) is 0 Å². The lowest BCUT2D eigenvalue weighted by molar-refractivity contribution is -0.131. The van der Waals surface area contributed by atoms with E-state index in [-0.39, 0.29) is 22.4 Å². The molecular formula is C13H11NO6. The van der Waals surface area contributed by atoms with Crippen LogP contribution in [0.1, 0.15) is 13.8 Å². The van der Waals surface area contributed by atoms with Crippen molar-refractivity contribution in [1.29, 1.82) is 0 Å². The van der Waals surface area contributed by atoms with Crippen LogP contribution in [0.25, 0.3) is 11.0 Å². The lowest BCUT2D eigenvalue weighted by atomic mass is 10.2. The number of esters is 1. The van der Waals surface area contributed by atoms with Crippen LogP contribution in [-0.4, -0.2) is 17.0 Å². The van der Waals surface area contributed by atoms with E-state index in [9.17, 15) is 19.5 Å². The number of carbonyl (C=O) groups is 2. The van der Waals surface area contributed by atoms with Gasteiger partial charge in [-0.15, -0.1) is 0 Å². The fourth-order valence-corrected chi connectivity index (χ4v) is 1.68. The monoisotopic (exact) mass is 277 g/mol. The Bertz CT molecular complexity index is 761. The van der Waals surface area contributed by atoms with Crippen LogP contribution in [0.5, 0.6) is 11.5 Å². The fourth-order valence-electron chi connectivity index (χ4n) is 1.68. The highest BCUT2D eigenvalue weighted by atomic mass is 16.5. The number of ether oxygens (including phenoxy) is 1. The number of benzene rings is 1. The lowest BCUT2D eigenvalue weighted by Crippen LogP contribution is -2.14. The van der Waals surface area contributed by atoms with Crippen molar-refractivity contribution in [2.75, 3.05) is 5.32 Å². The van der Waals surface area contributed by atoms with Crippen molar-refractivity contribution in [2.45, 2.75) is 13.8 Å². The fraction of sp³-hybridized carbons (Fsp3) is 0.154. The van der Waals surface area contributed by atoms with Crippen molar-refractivity contribution >= 4 is 28.5 Å². The van der Waals surface area contributed by atoms with Crippen LogP contribution in [-0.2, 0) is 9.59 Å². The highest BCUT2D eigenvalue weighted by Gasteiger charge is 2.15. The second-order valence-corrected chi connectivity index (χ2v) is 4.05. The van der Waals surface area contributed by atoms with Crippen molar-refractivity contribution in [3.63, 3.8) is 0 Å². The summed E-state index contributed by atoms with van der Waals surface area (Å²) in [5.41, 5.74) is -1.18. The van der Waals surface area contributed by atoms with E-state index in [0.717, 1.165) is 0 Å². The molecule has 1 aromatic heterocycles. The summed E-state index contributed by atoms with van der Waals surface area (Å²) in [4.78, 5) is 33.5. The molecule has 1 amide bonds. The zero-order valence-electron chi connectivity index (χ0n) is 10.7. The van der Waals surface area contributed by atoms with Gasteiger partial charge in [-0.1, -0.05) is 0 Å². The van der Waals surface area contributed by atoms with Crippen LogP contribution in [0.2, 0.25) is 0 Å². The number of fused-ring (bicyclic) bond motifs is 1. The molecule has 2 aromatic rings. The van der Waals surface area contributed by atoms with E-state index >= 15 is 0 Å². The third kappa shape index (κ3) is 2.61. The molecule has 0 radical (unpaired) electrons. The number of nitrogens with one attached hydrogen (secondary N) is 1. The maximum Gasteiger partial charge on any atom is 0.364 e. The standard InChI is InChI=1S/C13H11NO6/c1-6(15)14-11-12(17)9-4-3-8(19-7(2)16)5-10(9)20-13(11)18/h3-5,17H,1-2H3,(H,14,15). The molecular weight excluding hydrogens is 266 g/mol. The molecule has 20 heavy (non-hydrogen) atoms. The Morgan fingerprint density at radius 2 is 2.00 bits per heavy atom. The molecule has 0 saturated carbocycles. The lowest BCUT2D eigenvalue weighted by Gasteiger charge is -2.07. The Kier molecular flexibility index (Phi) is 3.43. The minimum Gasteiger partial charge on any atom is -0.505 e. The maximum absolute atomic E-state index is 11.7. The Hall–Kier alpha value is -2.83. The van der Waals surface area contributed by atoms with E-state index in [0.29, 0.717) is 0 Å². The summed E-state index contributed by atoms with van der Waals surface area (Å²) in [5, 5.41) is 12.4. The summed E-state index contributed by atoms with van der Waals surface area (Å²) in [5.74, 6) is -1.25. The second kappa shape index (κ2) is 5.04. The first kappa shape index (κ1) is 13.6. The minimum atomic E-state index is -0.898. The molecule has 0 saturated heterocycles. The molecule has 0 unspecified atom stereocenters. The van der Waals surface area contributed by atoms with Crippen LogP contribution in [0.3, 0.4) is 0 Å². The Morgan fingerprint density at radius 3 is 2.60 bits per heavy atom. The van der Waals surface area contributed by atoms with E-state index in [1.807, 2.05) is 0 Å². The molecule has 2 N–H and O–H groups in total. The number of anilines is 1. The van der Waals surface area contributed by atoms with Crippen LogP contribution in [0.15, 0.2) is 27.4 Å². The third-order valence-electron chi connectivity index (χ3n) is 2.41. The largest absolute Gasteiger partial charge is 0.505 e. The average Bonchev–Trinajstić information content (AvgIpc) is 2.33. The van der Waals surface area contributed by atoms with E-state index in [1.54, 1.807) is 0 Å². The number of aromatic hydroxyl groups is 1. The minimum absolute atomic E-state index is 0.0420. The topological polar surface area (TPSA) is 106 Å². The Labute approximate surface area is 112 Å². The molecule has 7 heteroatoms. The summed E-state index contributed by atoms with van der Waals surface area (Å²) in [6.45, 7) is 2.44. The molecule has 2 rings (SSSR count). The van der Waals surface area contributed by atoms with Crippen molar-refractivity contribution in [2.24, 2.45) is 0 Å². The van der Waals surface area contributed by atoms with Crippen molar-refractivity contribution < 1.29 is 23.8 Å². The first-order valence-electron chi connectivity index (χ1n) is 5.64. The first-order chi connectivity index (χ1) is 9.38. The molecule has 104 valence electrons. The SMILES string of the molecule is CC(=O)Nc1c(O)c2ccc(OC(C)=O)cc2oc1=O. The Balaban J connectivity index is 2.60. The zero-order chi connectivity index (χ0) is 14.9. The molecule has 0 aliphatic heterocycles. The first-order valence-corrected chi connectivity index (χ1v) is 5.64. The number of amides is 1.